The third kappa shape index (κ3) is 8.45. The van der Waals surface area contributed by atoms with E-state index >= 15 is 0 Å². The maximum atomic E-state index is 5.74. The molecule has 2 N–H and O–H groups in total. The average molecular weight is 501 g/mol. The first-order valence-electron chi connectivity index (χ1n) is 9.54. The second-order valence-electron chi connectivity index (χ2n) is 6.89. The number of nitrogens with one attached hydrogen (secondary N) is 2. The van der Waals surface area contributed by atoms with Crippen LogP contribution in [0.4, 0.5) is 0 Å². The van der Waals surface area contributed by atoms with Gasteiger partial charge in [0.05, 0.1) is 19.2 Å². The Balaban J connectivity index is 0.00000392. The molecule has 0 amide bonds. The first-order chi connectivity index (χ1) is 13.0. The van der Waals surface area contributed by atoms with Gasteiger partial charge in [-0.3, -0.25) is 4.99 Å². The normalized spacial score (nSPS) is 12.4. The van der Waals surface area contributed by atoms with Gasteiger partial charge in [0.15, 0.2) is 11.8 Å². The van der Waals surface area contributed by atoms with Gasteiger partial charge in [-0.15, -0.1) is 24.0 Å². The van der Waals surface area contributed by atoms with Gasteiger partial charge in [-0.25, -0.2) is 0 Å². The van der Waals surface area contributed by atoms with E-state index in [0.29, 0.717) is 30.6 Å². The Bertz CT molecular complexity index is 716. The Morgan fingerprint density at radius 3 is 2.50 bits per heavy atom. The minimum absolute atomic E-state index is 0. The van der Waals surface area contributed by atoms with E-state index < -0.39 is 0 Å². The van der Waals surface area contributed by atoms with E-state index in [4.69, 9.17) is 9.26 Å². The lowest BCUT2D eigenvalue weighted by Crippen LogP contribution is -2.38. The average Bonchev–Trinajstić information content (AvgIpc) is 3.05. The van der Waals surface area contributed by atoms with Crippen LogP contribution in [0.2, 0.25) is 0 Å². The zero-order valence-corrected chi connectivity index (χ0v) is 19.7. The van der Waals surface area contributed by atoms with Crippen molar-refractivity contribution in [2.24, 2.45) is 10.9 Å². The number of ether oxygens (including phenoxy) is 1. The summed E-state index contributed by atoms with van der Waals surface area (Å²) in [5, 5.41) is 10.5. The first-order valence-corrected chi connectivity index (χ1v) is 9.54. The number of aromatic nitrogens is 2. The maximum Gasteiger partial charge on any atom is 0.228 e. The van der Waals surface area contributed by atoms with Crippen molar-refractivity contribution < 1.29 is 9.26 Å². The number of hydrogen-bond acceptors (Lipinski definition) is 5. The third-order valence-electron chi connectivity index (χ3n) is 3.83. The number of rotatable bonds is 9. The molecule has 8 heteroatoms. The van der Waals surface area contributed by atoms with Crippen LogP contribution in [-0.4, -0.2) is 35.8 Å². The van der Waals surface area contributed by atoms with Gasteiger partial charge in [-0.1, -0.05) is 31.1 Å². The van der Waals surface area contributed by atoms with Gasteiger partial charge in [0.25, 0.3) is 0 Å². The molecule has 28 heavy (non-hydrogen) atoms. The Kier molecular flexibility index (Phi) is 10.9. The highest BCUT2D eigenvalue weighted by Crippen LogP contribution is 2.18. The van der Waals surface area contributed by atoms with Crippen LogP contribution >= 0.6 is 24.0 Å². The third-order valence-corrected chi connectivity index (χ3v) is 3.83. The highest BCUT2D eigenvalue weighted by molar-refractivity contribution is 14.0. The number of halogens is 1. The van der Waals surface area contributed by atoms with Gasteiger partial charge in [-0.05, 0) is 44.4 Å². The number of aliphatic imine (C=N–C) groups is 1. The molecular formula is C20H32IN5O2. The molecular weight excluding hydrogens is 469 g/mol. The van der Waals surface area contributed by atoms with Crippen molar-refractivity contribution in [2.45, 2.75) is 47.1 Å². The van der Waals surface area contributed by atoms with Crippen molar-refractivity contribution in [1.82, 2.24) is 20.8 Å². The van der Waals surface area contributed by atoms with Crippen molar-refractivity contribution >= 4 is 29.9 Å². The topological polar surface area (TPSA) is 84.6 Å². The SMILES string of the molecule is CCNC(=NCCc1nc(C)no1)NC(C)c1ccc(OCC(C)C)cc1.I. The van der Waals surface area contributed by atoms with Gasteiger partial charge in [-0.2, -0.15) is 4.98 Å². The second kappa shape index (κ2) is 12.6. The number of guanidine groups is 1. The number of aryl methyl sites for hydroxylation is 1. The minimum atomic E-state index is 0. The molecule has 0 aliphatic heterocycles. The fourth-order valence-electron chi connectivity index (χ4n) is 2.43. The molecule has 0 bridgehead atoms. The van der Waals surface area contributed by atoms with Gasteiger partial charge < -0.3 is 19.9 Å². The molecule has 1 heterocycles. The molecule has 0 saturated heterocycles. The minimum Gasteiger partial charge on any atom is -0.493 e. The van der Waals surface area contributed by atoms with Crippen molar-refractivity contribution in [3.8, 4) is 5.75 Å². The molecule has 0 aliphatic carbocycles. The quantitative estimate of drug-likeness (QED) is 0.308. The highest BCUT2D eigenvalue weighted by atomic mass is 127. The lowest BCUT2D eigenvalue weighted by molar-refractivity contribution is 0.271. The zero-order valence-electron chi connectivity index (χ0n) is 17.4. The fourth-order valence-corrected chi connectivity index (χ4v) is 2.43. The summed E-state index contributed by atoms with van der Waals surface area (Å²) in [6.45, 7) is 12.3. The molecule has 156 valence electrons. The van der Waals surface area contributed by atoms with Crippen molar-refractivity contribution in [1.29, 1.82) is 0 Å². The van der Waals surface area contributed by atoms with E-state index in [1.165, 1.54) is 5.56 Å². The molecule has 0 spiro atoms. The number of benzene rings is 1. The fraction of sp³-hybridized carbons (Fsp3) is 0.550. The number of nitrogens with zero attached hydrogens (tertiary/aromatic N) is 3. The largest absolute Gasteiger partial charge is 0.493 e. The van der Waals surface area contributed by atoms with Gasteiger partial charge in [0.2, 0.25) is 5.89 Å². The molecule has 2 aromatic rings. The predicted octanol–water partition coefficient (Wildman–Crippen LogP) is 3.89. The van der Waals surface area contributed by atoms with Crippen LogP contribution in [0.25, 0.3) is 0 Å². The van der Waals surface area contributed by atoms with Crippen LogP contribution < -0.4 is 15.4 Å². The molecule has 0 fully saturated rings. The Hall–Kier alpha value is -1.84. The number of hydrogen-bond donors (Lipinski definition) is 2. The summed E-state index contributed by atoms with van der Waals surface area (Å²) in [6, 6.07) is 8.30. The summed E-state index contributed by atoms with van der Waals surface area (Å²) in [6.07, 6.45) is 0.619. The van der Waals surface area contributed by atoms with Crippen molar-refractivity contribution in [2.75, 3.05) is 19.7 Å². The monoisotopic (exact) mass is 501 g/mol. The van der Waals surface area contributed by atoms with E-state index in [0.717, 1.165) is 24.9 Å². The standard InChI is InChI=1S/C20H31N5O2.HI/c1-6-21-20(22-12-11-19-24-16(5)25-27-19)23-15(4)17-7-9-18(10-8-17)26-13-14(2)3;/h7-10,14-15H,6,11-13H2,1-5H3,(H2,21,22,23);1H. The molecule has 1 aromatic heterocycles. The molecule has 1 atom stereocenters. The molecule has 0 radical (unpaired) electrons. The van der Waals surface area contributed by atoms with Crippen molar-refractivity contribution in [3.63, 3.8) is 0 Å². The Labute approximate surface area is 184 Å². The lowest BCUT2D eigenvalue weighted by atomic mass is 10.1. The highest BCUT2D eigenvalue weighted by Gasteiger charge is 2.09. The van der Waals surface area contributed by atoms with Crippen LogP contribution in [-0.2, 0) is 6.42 Å². The van der Waals surface area contributed by atoms with Gasteiger partial charge >= 0.3 is 0 Å². The molecule has 1 unspecified atom stereocenters. The van der Waals surface area contributed by atoms with Crippen LogP contribution in [0.1, 0.15) is 51.0 Å². The summed E-state index contributed by atoms with van der Waals surface area (Å²) in [7, 11) is 0. The lowest BCUT2D eigenvalue weighted by Gasteiger charge is -2.18. The van der Waals surface area contributed by atoms with E-state index in [1.807, 2.05) is 26.0 Å². The molecule has 0 aliphatic rings. The predicted molar refractivity (Wildman–Crippen MR) is 122 cm³/mol. The van der Waals surface area contributed by atoms with Crippen LogP contribution in [0.3, 0.4) is 0 Å². The molecule has 0 saturated carbocycles. The van der Waals surface area contributed by atoms with E-state index in [-0.39, 0.29) is 30.0 Å². The molecule has 1 aromatic carbocycles. The van der Waals surface area contributed by atoms with Gasteiger partial charge in [0, 0.05) is 13.0 Å². The smallest absolute Gasteiger partial charge is 0.228 e. The Morgan fingerprint density at radius 2 is 1.93 bits per heavy atom. The summed E-state index contributed by atoms with van der Waals surface area (Å²) in [4.78, 5) is 8.79. The van der Waals surface area contributed by atoms with E-state index in [2.05, 4.69) is 58.7 Å². The first kappa shape index (κ1) is 24.2. The van der Waals surface area contributed by atoms with E-state index in [9.17, 15) is 0 Å². The van der Waals surface area contributed by atoms with E-state index in [1.54, 1.807) is 0 Å². The molecule has 7 nitrogen and oxygen atoms in total. The Morgan fingerprint density at radius 1 is 1.21 bits per heavy atom. The second-order valence-corrected chi connectivity index (χ2v) is 6.89. The summed E-state index contributed by atoms with van der Waals surface area (Å²) in [5.41, 5.74) is 1.17. The zero-order chi connectivity index (χ0) is 19.6. The maximum absolute atomic E-state index is 5.74. The summed E-state index contributed by atoms with van der Waals surface area (Å²) >= 11 is 0. The summed E-state index contributed by atoms with van der Waals surface area (Å²) < 4.78 is 10.9. The van der Waals surface area contributed by atoms with Gasteiger partial charge in [0.1, 0.15) is 5.75 Å². The summed E-state index contributed by atoms with van der Waals surface area (Å²) in [5.74, 6) is 3.43. The van der Waals surface area contributed by atoms with Crippen molar-refractivity contribution in [3.05, 3.63) is 41.5 Å². The van der Waals surface area contributed by atoms with Crippen LogP contribution in [0.5, 0.6) is 5.75 Å². The molecule has 2 rings (SSSR count). The van der Waals surface area contributed by atoms with Crippen LogP contribution in [0, 0.1) is 12.8 Å². The van der Waals surface area contributed by atoms with Crippen LogP contribution in [0.15, 0.2) is 33.8 Å².